The van der Waals surface area contributed by atoms with Gasteiger partial charge in [-0.1, -0.05) is 42.0 Å². The lowest BCUT2D eigenvalue weighted by atomic mass is 10.1. The van der Waals surface area contributed by atoms with Crippen molar-refractivity contribution in [2.75, 3.05) is 5.32 Å². The summed E-state index contributed by atoms with van der Waals surface area (Å²) >= 11 is 0. The molecule has 0 bridgehead atoms. The van der Waals surface area contributed by atoms with Crippen LogP contribution in [0.5, 0.6) is 0 Å². The Bertz CT molecular complexity index is 688. The third-order valence-corrected chi connectivity index (χ3v) is 3.20. The van der Waals surface area contributed by atoms with Gasteiger partial charge in [-0.3, -0.25) is 4.98 Å². The standard InChI is InChI=1S/C18H16N2/c1-14-9-11-15(12-10-14)20-18-8-3-2-6-16(18)17-7-4-5-13-19-17/h2-13,20H,1H3. The second kappa shape index (κ2) is 5.57. The summed E-state index contributed by atoms with van der Waals surface area (Å²) in [5.74, 6) is 0. The Labute approximate surface area is 119 Å². The molecule has 0 atom stereocenters. The van der Waals surface area contributed by atoms with Crippen molar-refractivity contribution < 1.29 is 0 Å². The summed E-state index contributed by atoms with van der Waals surface area (Å²) in [5, 5.41) is 3.46. The first-order chi connectivity index (χ1) is 9.83. The Balaban J connectivity index is 1.96. The molecular formula is C18H16N2. The summed E-state index contributed by atoms with van der Waals surface area (Å²) in [6.07, 6.45) is 1.82. The molecule has 98 valence electrons. The Morgan fingerprint density at radius 1 is 0.800 bits per heavy atom. The number of hydrogen-bond acceptors (Lipinski definition) is 2. The van der Waals surface area contributed by atoms with Gasteiger partial charge in [-0.15, -0.1) is 0 Å². The smallest absolute Gasteiger partial charge is 0.0722 e. The average molecular weight is 260 g/mol. The number of rotatable bonds is 3. The third kappa shape index (κ3) is 2.69. The number of aromatic nitrogens is 1. The maximum atomic E-state index is 4.43. The molecule has 0 aliphatic heterocycles. The van der Waals surface area contributed by atoms with Crippen LogP contribution in [0.2, 0.25) is 0 Å². The first-order valence-corrected chi connectivity index (χ1v) is 6.67. The second-order valence-corrected chi connectivity index (χ2v) is 4.75. The molecule has 1 N–H and O–H groups in total. The van der Waals surface area contributed by atoms with Gasteiger partial charge >= 0.3 is 0 Å². The van der Waals surface area contributed by atoms with E-state index in [1.54, 1.807) is 0 Å². The molecule has 0 radical (unpaired) electrons. The van der Waals surface area contributed by atoms with Crippen LogP contribution in [-0.2, 0) is 0 Å². The van der Waals surface area contributed by atoms with Gasteiger partial charge in [0.2, 0.25) is 0 Å². The second-order valence-electron chi connectivity index (χ2n) is 4.75. The highest BCUT2D eigenvalue weighted by Crippen LogP contribution is 2.28. The fraction of sp³-hybridized carbons (Fsp3) is 0.0556. The topological polar surface area (TPSA) is 24.9 Å². The van der Waals surface area contributed by atoms with Crippen molar-refractivity contribution in [3.8, 4) is 11.3 Å². The molecule has 2 heteroatoms. The summed E-state index contributed by atoms with van der Waals surface area (Å²) in [5.41, 5.74) is 5.49. The van der Waals surface area contributed by atoms with Crippen molar-refractivity contribution in [2.45, 2.75) is 6.92 Å². The number of para-hydroxylation sites is 1. The first kappa shape index (κ1) is 12.4. The fourth-order valence-corrected chi connectivity index (χ4v) is 2.13. The molecular weight excluding hydrogens is 244 g/mol. The predicted molar refractivity (Wildman–Crippen MR) is 84.1 cm³/mol. The quantitative estimate of drug-likeness (QED) is 0.731. The molecule has 0 aliphatic carbocycles. The monoisotopic (exact) mass is 260 g/mol. The lowest BCUT2D eigenvalue weighted by Gasteiger charge is -2.11. The maximum Gasteiger partial charge on any atom is 0.0722 e. The lowest BCUT2D eigenvalue weighted by molar-refractivity contribution is 1.32. The molecule has 1 aromatic heterocycles. The highest BCUT2D eigenvalue weighted by Gasteiger charge is 2.05. The SMILES string of the molecule is Cc1ccc(Nc2ccccc2-c2ccccn2)cc1. The summed E-state index contributed by atoms with van der Waals surface area (Å²) < 4.78 is 0. The minimum atomic E-state index is 0.975. The molecule has 3 rings (SSSR count). The van der Waals surface area contributed by atoms with E-state index in [9.17, 15) is 0 Å². The minimum Gasteiger partial charge on any atom is -0.355 e. The van der Waals surface area contributed by atoms with Crippen LogP contribution in [0.4, 0.5) is 11.4 Å². The van der Waals surface area contributed by atoms with Crippen LogP contribution in [0, 0.1) is 6.92 Å². The van der Waals surface area contributed by atoms with E-state index in [4.69, 9.17) is 0 Å². The van der Waals surface area contributed by atoms with E-state index in [1.165, 1.54) is 5.56 Å². The van der Waals surface area contributed by atoms with Crippen LogP contribution in [0.1, 0.15) is 5.56 Å². The molecule has 0 saturated heterocycles. The number of anilines is 2. The van der Waals surface area contributed by atoms with Crippen molar-refractivity contribution in [2.24, 2.45) is 0 Å². The zero-order valence-corrected chi connectivity index (χ0v) is 11.4. The number of nitrogens with one attached hydrogen (secondary N) is 1. The first-order valence-electron chi connectivity index (χ1n) is 6.67. The highest BCUT2D eigenvalue weighted by atomic mass is 14.9. The Hall–Kier alpha value is -2.61. The predicted octanol–water partition coefficient (Wildman–Crippen LogP) is 4.80. The molecule has 0 saturated carbocycles. The maximum absolute atomic E-state index is 4.43. The van der Waals surface area contributed by atoms with E-state index in [2.05, 4.69) is 53.6 Å². The van der Waals surface area contributed by atoms with Crippen molar-refractivity contribution in [1.82, 2.24) is 4.98 Å². The molecule has 0 aliphatic rings. The number of nitrogens with zero attached hydrogens (tertiary/aromatic N) is 1. The third-order valence-electron chi connectivity index (χ3n) is 3.20. The van der Waals surface area contributed by atoms with Crippen molar-refractivity contribution in [1.29, 1.82) is 0 Å². The van der Waals surface area contributed by atoms with E-state index in [1.807, 2.05) is 36.5 Å². The van der Waals surface area contributed by atoms with Gasteiger partial charge in [0.15, 0.2) is 0 Å². The van der Waals surface area contributed by atoms with Crippen LogP contribution in [-0.4, -0.2) is 4.98 Å². The normalized spacial score (nSPS) is 10.2. The number of benzene rings is 2. The number of aryl methyl sites for hydroxylation is 1. The van der Waals surface area contributed by atoms with Gasteiger partial charge in [0, 0.05) is 23.1 Å². The van der Waals surface area contributed by atoms with Crippen LogP contribution in [0.15, 0.2) is 72.9 Å². The number of pyridine rings is 1. The van der Waals surface area contributed by atoms with Crippen molar-refractivity contribution in [3.63, 3.8) is 0 Å². The molecule has 3 aromatic rings. The molecule has 1 heterocycles. The van der Waals surface area contributed by atoms with Gasteiger partial charge in [-0.25, -0.2) is 0 Å². The van der Waals surface area contributed by atoms with Crippen molar-refractivity contribution >= 4 is 11.4 Å². The van der Waals surface area contributed by atoms with E-state index < -0.39 is 0 Å². The van der Waals surface area contributed by atoms with Gasteiger partial charge < -0.3 is 5.32 Å². The summed E-state index contributed by atoms with van der Waals surface area (Å²) in [7, 11) is 0. The summed E-state index contributed by atoms with van der Waals surface area (Å²) in [6.45, 7) is 2.09. The fourth-order valence-electron chi connectivity index (χ4n) is 2.13. The number of hydrogen-bond donors (Lipinski definition) is 1. The zero-order valence-electron chi connectivity index (χ0n) is 11.4. The largest absolute Gasteiger partial charge is 0.355 e. The Morgan fingerprint density at radius 2 is 1.55 bits per heavy atom. The van der Waals surface area contributed by atoms with Crippen LogP contribution < -0.4 is 5.32 Å². The van der Waals surface area contributed by atoms with E-state index in [0.29, 0.717) is 0 Å². The van der Waals surface area contributed by atoms with Gasteiger partial charge in [0.05, 0.1) is 5.69 Å². The van der Waals surface area contributed by atoms with Gasteiger partial charge in [-0.2, -0.15) is 0 Å². The molecule has 0 fully saturated rings. The van der Waals surface area contributed by atoms with Gasteiger partial charge in [-0.05, 0) is 37.3 Å². The molecule has 2 aromatic carbocycles. The Morgan fingerprint density at radius 3 is 2.30 bits per heavy atom. The molecule has 20 heavy (non-hydrogen) atoms. The minimum absolute atomic E-state index is 0.975. The van der Waals surface area contributed by atoms with Crippen molar-refractivity contribution in [3.05, 3.63) is 78.5 Å². The molecule has 0 spiro atoms. The van der Waals surface area contributed by atoms with Crippen LogP contribution in [0.25, 0.3) is 11.3 Å². The van der Waals surface area contributed by atoms with Crippen LogP contribution >= 0.6 is 0 Å². The molecule has 0 unspecified atom stereocenters. The molecule has 2 nitrogen and oxygen atoms in total. The van der Waals surface area contributed by atoms with Crippen LogP contribution in [0.3, 0.4) is 0 Å². The van der Waals surface area contributed by atoms with E-state index in [0.717, 1.165) is 22.6 Å². The average Bonchev–Trinajstić information content (AvgIpc) is 2.51. The zero-order chi connectivity index (χ0) is 13.8. The highest BCUT2D eigenvalue weighted by molar-refractivity contribution is 5.79. The van der Waals surface area contributed by atoms with Gasteiger partial charge in [0.25, 0.3) is 0 Å². The lowest BCUT2D eigenvalue weighted by Crippen LogP contribution is -1.94. The van der Waals surface area contributed by atoms with Gasteiger partial charge in [0.1, 0.15) is 0 Å². The summed E-state index contributed by atoms with van der Waals surface area (Å²) in [6, 6.07) is 22.6. The Kier molecular flexibility index (Phi) is 3.46. The summed E-state index contributed by atoms with van der Waals surface area (Å²) in [4.78, 5) is 4.43. The molecule has 0 amide bonds. The van der Waals surface area contributed by atoms with E-state index >= 15 is 0 Å². The van der Waals surface area contributed by atoms with E-state index in [-0.39, 0.29) is 0 Å².